The van der Waals surface area contributed by atoms with Gasteiger partial charge in [-0.15, -0.1) is 11.8 Å². The molecule has 130 valence electrons. The van der Waals surface area contributed by atoms with Gasteiger partial charge in [-0.1, -0.05) is 0 Å². The van der Waals surface area contributed by atoms with Crippen LogP contribution in [0, 0.1) is 0 Å². The van der Waals surface area contributed by atoms with Crippen molar-refractivity contribution in [3.05, 3.63) is 42.0 Å². The number of ether oxygens (including phenoxy) is 4. The minimum absolute atomic E-state index is 0.0479. The Labute approximate surface area is 149 Å². The molecule has 1 fully saturated rings. The second-order valence-electron chi connectivity index (χ2n) is 5.57. The molecule has 0 bridgehead atoms. The van der Waals surface area contributed by atoms with Crippen molar-refractivity contribution < 1.29 is 23.7 Å². The Bertz CT molecular complexity index is 825. The molecule has 6 nitrogen and oxygen atoms in total. The van der Waals surface area contributed by atoms with E-state index in [1.807, 2.05) is 36.4 Å². The second kappa shape index (κ2) is 6.40. The quantitative estimate of drug-likeness (QED) is 0.836. The first-order chi connectivity index (χ1) is 12.2. The van der Waals surface area contributed by atoms with Gasteiger partial charge in [-0.25, -0.2) is 0 Å². The summed E-state index contributed by atoms with van der Waals surface area (Å²) < 4.78 is 21.6. The predicted molar refractivity (Wildman–Crippen MR) is 94.8 cm³/mol. The number of rotatable bonds is 4. The van der Waals surface area contributed by atoms with E-state index in [9.17, 15) is 4.79 Å². The number of carbonyl (C=O) groups excluding carboxylic acids is 1. The van der Waals surface area contributed by atoms with Crippen molar-refractivity contribution in [3.63, 3.8) is 0 Å². The van der Waals surface area contributed by atoms with E-state index in [4.69, 9.17) is 18.9 Å². The third-order valence-electron chi connectivity index (χ3n) is 4.21. The van der Waals surface area contributed by atoms with Crippen LogP contribution in [-0.4, -0.2) is 32.7 Å². The lowest BCUT2D eigenvalue weighted by molar-refractivity contribution is -0.115. The number of nitrogens with zero attached hydrogens (tertiary/aromatic N) is 1. The minimum Gasteiger partial charge on any atom is -0.497 e. The molecule has 0 spiro atoms. The molecule has 0 N–H and O–H groups in total. The summed E-state index contributed by atoms with van der Waals surface area (Å²) in [6.45, 7) is 0.206. The summed E-state index contributed by atoms with van der Waals surface area (Å²) in [4.78, 5) is 14.3. The van der Waals surface area contributed by atoms with Crippen molar-refractivity contribution >= 4 is 23.4 Å². The lowest BCUT2D eigenvalue weighted by atomic mass is 10.1. The van der Waals surface area contributed by atoms with E-state index in [0.717, 1.165) is 11.3 Å². The van der Waals surface area contributed by atoms with Crippen LogP contribution in [0.3, 0.4) is 0 Å². The fourth-order valence-electron chi connectivity index (χ4n) is 2.99. The number of thioether (sulfide) groups is 1. The van der Waals surface area contributed by atoms with Gasteiger partial charge in [0.25, 0.3) is 0 Å². The molecule has 0 aromatic heterocycles. The van der Waals surface area contributed by atoms with Crippen LogP contribution >= 0.6 is 11.8 Å². The van der Waals surface area contributed by atoms with Gasteiger partial charge in [-0.3, -0.25) is 9.69 Å². The van der Waals surface area contributed by atoms with E-state index in [1.54, 1.807) is 30.9 Å². The van der Waals surface area contributed by atoms with Crippen LogP contribution in [0.25, 0.3) is 0 Å². The lowest BCUT2D eigenvalue weighted by Crippen LogP contribution is -2.28. The van der Waals surface area contributed by atoms with E-state index >= 15 is 0 Å². The molecule has 2 aliphatic heterocycles. The molecule has 0 radical (unpaired) electrons. The highest BCUT2D eigenvalue weighted by Crippen LogP contribution is 2.47. The third-order valence-corrected chi connectivity index (χ3v) is 5.40. The Hall–Kier alpha value is -2.54. The van der Waals surface area contributed by atoms with Gasteiger partial charge in [0.15, 0.2) is 11.5 Å². The number of methoxy groups -OCH3 is 2. The molecule has 1 unspecified atom stereocenters. The smallest absolute Gasteiger partial charge is 0.238 e. The largest absolute Gasteiger partial charge is 0.497 e. The fraction of sp³-hybridized carbons (Fsp3) is 0.278. The second-order valence-corrected chi connectivity index (χ2v) is 6.64. The zero-order chi connectivity index (χ0) is 17.4. The van der Waals surface area contributed by atoms with E-state index < -0.39 is 0 Å². The number of hydrogen-bond donors (Lipinski definition) is 0. The zero-order valence-corrected chi connectivity index (χ0v) is 14.7. The van der Waals surface area contributed by atoms with Crippen LogP contribution in [0.2, 0.25) is 0 Å². The van der Waals surface area contributed by atoms with Gasteiger partial charge < -0.3 is 18.9 Å². The Morgan fingerprint density at radius 3 is 2.72 bits per heavy atom. The molecular weight excluding hydrogens is 342 g/mol. The molecule has 25 heavy (non-hydrogen) atoms. The minimum atomic E-state index is -0.172. The molecular formula is C18H17NO5S. The molecule has 0 saturated carbocycles. The van der Waals surface area contributed by atoms with Crippen molar-refractivity contribution in [1.29, 1.82) is 0 Å². The monoisotopic (exact) mass is 359 g/mol. The first-order valence-electron chi connectivity index (χ1n) is 7.76. The summed E-state index contributed by atoms with van der Waals surface area (Å²) >= 11 is 1.57. The Balaban J connectivity index is 1.73. The highest BCUT2D eigenvalue weighted by Gasteiger charge is 2.36. The Kier molecular flexibility index (Phi) is 4.09. The van der Waals surface area contributed by atoms with Gasteiger partial charge in [0.1, 0.15) is 16.9 Å². The normalized spacial score (nSPS) is 18.6. The first kappa shape index (κ1) is 16.0. The summed E-state index contributed by atoms with van der Waals surface area (Å²) in [5.74, 6) is 3.21. The van der Waals surface area contributed by atoms with Crippen LogP contribution in [0.5, 0.6) is 23.0 Å². The number of anilines is 1. The molecule has 1 saturated heterocycles. The summed E-state index contributed by atoms with van der Waals surface area (Å²) in [7, 11) is 3.23. The van der Waals surface area contributed by atoms with E-state index in [-0.39, 0.29) is 18.1 Å². The topological polar surface area (TPSA) is 57.2 Å². The standard InChI is InChI=1S/C18H17NO5S/c1-21-12-4-5-13(15(8-12)22-2)18-19(17(20)9-25-18)11-3-6-14-16(7-11)24-10-23-14/h3-8,18H,9-10H2,1-2H3. The van der Waals surface area contributed by atoms with E-state index in [1.165, 1.54) is 0 Å². The number of carbonyl (C=O) groups is 1. The average Bonchev–Trinajstić information content (AvgIpc) is 3.26. The van der Waals surface area contributed by atoms with Crippen LogP contribution in [0.15, 0.2) is 36.4 Å². The van der Waals surface area contributed by atoms with Crippen LogP contribution in [0.4, 0.5) is 5.69 Å². The van der Waals surface area contributed by atoms with Crippen molar-refractivity contribution in [3.8, 4) is 23.0 Å². The van der Waals surface area contributed by atoms with Crippen molar-refractivity contribution in [2.24, 2.45) is 0 Å². The van der Waals surface area contributed by atoms with Gasteiger partial charge in [-0.2, -0.15) is 0 Å². The highest BCUT2D eigenvalue weighted by atomic mass is 32.2. The summed E-state index contributed by atoms with van der Waals surface area (Å²) in [5.41, 5.74) is 1.71. The van der Waals surface area contributed by atoms with Crippen molar-refractivity contribution in [2.75, 3.05) is 31.7 Å². The van der Waals surface area contributed by atoms with Crippen LogP contribution in [0.1, 0.15) is 10.9 Å². The molecule has 7 heteroatoms. The van der Waals surface area contributed by atoms with Crippen LogP contribution < -0.4 is 23.8 Å². The maximum absolute atomic E-state index is 12.5. The fourth-order valence-corrected chi connectivity index (χ4v) is 4.19. The van der Waals surface area contributed by atoms with Gasteiger partial charge in [0.05, 0.1) is 20.0 Å². The summed E-state index contributed by atoms with van der Waals surface area (Å²) in [6, 6.07) is 11.2. The summed E-state index contributed by atoms with van der Waals surface area (Å²) in [6.07, 6.45) is 0. The van der Waals surface area contributed by atoms with Gasteiger partial charge in [0, 0.05) is 23.4 Å². The predicted octanol–water partition coefficient (Wildman–Crippen LogP) is 3.21. The molecule has 2 aromatic rings. The number of hydrogen-bond acceptors (Lipinski definition) is 6. The molecule has 1 amide bonds. The number of amides is 1. The Morgan fingerprint density at radius 2 is 1.92 bits per heavy atom. The molecule has 4 rings (SSSR count). The van der Waals surface area contributed by atoms with Crippen LogP contribution in [-0.2, 0) is 4.79 Å². The van der Waals surface area contributed by atoms with Gasteiger partial charge in [-0.05, 0) is 24.3 Å². The maximum Gasteiger partial charge on any atom is 0.238 e. The SMILES string of the molecule is COc1ccc(C2SCC(=O)N2c2ccc3c(c2)OCO3)c(OC)c1. The molecule has 0 aliphatic carbocycles. The molecule has 2 aromatic carbocycles. The maximum atomic E-state index is 12.5. The zero-order valence-electron chi connectivity index (χ0n) is 13.9. The Morgan fingerprint density at radius 1 is 1.08 bits per heavy atom. The average molecular weight is 359 g/mol. The lowest BCUT2D eigenvalue weighted by Gasteiger charge is -2.26. The highest BCUT2D eigenvalue weighted by molar-refractivity contribution is 8.00. The molecule has 2 heterocycles. The number of fused-ring (bicyclic) bond motifs is 1. The third kappa shape index (κ3) is 2.74. The molecule has 2 aliphatic rings. The van der Waals surface area contributed by atoms with E-state index in [0.29, 0.717) is 28.8 Å². The molecule has 1 atom stereocenters. The van der Waals surface area contributed by atoms with Crippen molar-refractivity contribution in [2.45, 2.75) is 5.37 Å². The summed E-state index contributed by atoms with van der Waals surface area (Å²) in [5, 5.41) is -0.172. The van der Waals surface area contributed by atoms with Crippen molar-refractivity contribution in [1.82, 2.24) is 0 Å². The van der Waals surface area contributed by atoms with Gasteiger partial charge in [0.2, 0.25) is 12.7 Å². The van der Waals surface area contributed by atoms with Gasteiger partial charge >= 0.3 is 0 Å². The number of benzene rings is 2. The first-order valence-corrected chi connectivity index (χ1v) is 8.81. The van der Waals surface area contributed by atoms with E-state index in [2.05, 4.69) is 0 Å².